The van der Waals surface area contributed by atoms with Gasteiger partial charge in [-0.05, 0) is 42.2 Å². The van der Waals surface area contributed by atoms with E-state index in [0.717, 1.165) is 38.2 Å². The molecular formula is C21H23FN2O. The number of nitrogens with zero attached hydrogens (tertiary/aromatic N) is 1. The lowest BCUT2D eigenvalue weighted by atomic mass is 10.1. The molecule has 2 aromatic carbocycles. The molecule has 1 fully saturated rings. The lowest BCUT2D eigenvalue weighted by molar-refractivity contribution is 0.110. The predicted molar refractivity (Wildman–Crippen MR) is 98.1 cm³/mol. The minimum atomic E-state index is -0.194. The molecular weight excluding hydrogens is 315 g/mol. The van der Waals surface area contributed by atoms with Crippen molar-refractivity contribution in [2.45, 2.75) is 32.0 Å². The van der Waals surface area contributed by atoms with Crippen molar-refractivity contribution in [3.05, 3.63) is 71.7 Å². The summed E-state index contributed by atoms with van der Waals surface area (Å²) in [7, 11) is 0. The van der Waals surface area contributed by atoms with Crippen LogP contribution in [0.15, 0.2) is 54.7 Å². The Morgan fingerprint density at radius 3 is 2.76 bits per heavy atom. The molecule has 1 aliphatic heterocycles. The number of rotatable bonds is 6. The van der Waals surface area contributed by atoms with Gasteiger partial charge in [0.2, 0.25) is 0 Å². The van der Waals surface area contributed by atoms with Crippen molar-refractivity contribution >= 4 is 10.9 Å². The Balaban J connectivity index is 1.52. The van der Waals surface area contributed by atoms with E-state index in [0.29, 0.717) is 6.10 Å². The molecule has 0 bridgehead atoms. The fourth-order valence-corrected chi connectivity index (χ4v) is 3.55. The van der Waals surface area contributed by atoms with E-state index in [-0.39, 0.29) is 5.82 Å². The average Bonchev–Trinajstić information content (AvgIpc) is 3.26. The van der Waals surface area contributed by atoms with Crippen LogP contribution in [0, 0.1) is 5.82 Å². The molecule has 1 aliphatic rings. The van der Waals surface area contributed by atoms with Crippen molar-refractivity contribution in [2.75, 3.05) is 13.2 Å². The van der Waals surface area contributed by atoms with E-state index in [1.165, 1.54) is 35.0 Å². The molecule has 1 atom stereocenters. The first-order valence-corrected chi connectivity index (χ1v) is 8.93. The third kappa shape index (κ3) is 3.75. The molecule has 130 valence electrons. The van der Waals surface area contributed by atoms with Gasteiger partial charge in [-0.3, -0.25) is 0 Å². The van der Waals surface area contributed by atoms with Crippen molar-refractivity contribution in [3.63, 3.8) is 0 Å². The Hall–Kier alpha value is -2.17. The highest BCUT2D eigenvalue weighted by Crippen LogP contribution is 2.22. The number of ether oxygens (including phenoxy) is 1. The Morgan fingerprint density at radius 1 is 1.12 bits per heavy atom. The molecule has 25 heavy (non-hydrogen) atoms. The van der Waals surface area contributed by atoms with Crippen molar-refractivity contribution in [3.8, 4) is 0 Å². The van der Waals surface area contributed by atoms with E-state index in [9.17, 15) is 4.39 Å². The molecule has 2 heterocycles. The van der Waals surface area contributed by atoms with Crippen molar-refractivity contribution in [1.82, 2.24) is 9.88 Å². The largest absolute Gasteiger partial charge is 0.377 e. The van der Waals surface area contributed by atoms with Crippen LogP contribution in [0.4, 0.5) is 4.39 Å². The van der Waals surface area contributed by atoms with Crippen molar-refractivity contribution in [1.29, 1.82) is 0 Å². The summed E-state index contributed by atoms with van der Waals surface area (Å²) in [6.07, 6.45) is 4.88. The van der Waals surface area contributed by atoms with E-state index < -0.39 is 0 Å². The van der Waals surface area contributed by atoms with Crippen LogP contribution in [0.5, 0.6) is 0 Å². The highest BCUT2D eigenvalue weighted by molar-refractivity contribution is 5.84. The summed E-state index contributed by atoms with van der Waals surface area (Å²) in [5.74, 6) is -0.194. The molecule has 3 aromatic rings. The number of aromatic nitrogens is 1. The SMILES string of the molecule is Fc1ccc(Cn2cc(CNC[C@@H]3CCCO3)c3ccccc32)cc1. The maximum atomic E-state index is 13.1. The van der Waals surface area contributed by atoms with Gasteiger partial charge in [0.15, 0.2) is 0 Å². The average molecular weight is 338 g/mol. The minimum absolute atomic E-state index is 0.194. The first-order chi connectivity index (χ1) is 12.3. The Labute approximate surface area is 147 Å². The van der Waals surface area contributed by atoms with E-state index in [4.69, 9.17) is 4.74 Å². The summed E-state index contributed by atoms with van der Waals surface area (Å²) < 4.78 is 21.0. The standard InChI is InChI=1S/C21H23FN2O/c22-18-9-7-16(8-10-18)14-24-15-17(20-5-1-2-6-21(20)24)12-23-13-19-4-3-11-25-19/h1-2,5-10,15,19,23H,3-4,11-14H2/t19-/m0/s1. The van der Waals surface area contributed by atoms with E-state index >= 15 is 0 Å². The number of halogens is 1. The molecule has 0 radical (unpaired) electrons. The first kappa shape index (κ1) is 16.3. The smallest absolute Gasteiger partial charge is 0.123 e. The van der Waals surface area contributed by atoms with Crippen LogP contribution in [0.25, 0.3) is 10.9 Å². The van der Waals surface area contributed by atoms with E-state index in [1.807, 2.05) is 12.1 Å². The Kier molecular flexibility index (Phi) is 4.81. The van der Waals surface area contributed by atoms with Gasteiger partial charge in [-0.15, -0.1) is 0 Å². The summed E-state index contributed by atoms with van der Waals surface area (Å²) in [6.45, 7) is 3.37. The van der Waals surface area contributed by atoms with Crippen LogP contribution in [0.3, 0.4) is 0 Å². The summed E-state index contributed by atoms with van der Waals surface area (Å²) in [6, 6.07) is 15.2. The zero-order valence-electron chi connectivity index (χ0n) is 14.2. The van der Waals surface area contributed by atoms with Gasteiger partial charge >= 0.3 is 0 Å². The van der Waals surface area contributed by atoms with Gasteiger partial charge in [-0.25, -0.2) is 4.39 Å². The number of benzene rings is 2. The van der Waals surface area contributed by atoms with Crippen molar-refractivity contribution in [2.24, 2.45) is 0 Å². The third-order valence-electron chi connectivity index (χ3n) is 4.85. The number of fused-ring (bicyclic) bond motifs is 1. The molecule has 1 aromatic heterocycles. The van der Waals surface area contributed by atoms with Crippen LogP contribution >= 0.6 is 0 Å². The van der Waals surface area contributed by atoms with E-state index in [2.05, 4.69) is 40.3 Å². The van der Waals surface area contributed by atoms with Crippen LogP contribution < -0.4 is 5.32 Å². The van der Waals surface area contributed by atoms with Crippen LogP contribution in [-0.4, -0.2) is 23.8 Å². The van der Waals surface area contributed by atoms with Gasteiger partial charge in [0.1, 0.15) is 5.82 Å². The molecule has 0 unspecified atom stereocenters. The molecule has 3 nitrogen and oxygen atoms in total. The van der Waals surface area contributed by atoms with E-state index in [1.54, 1.807) is 0 Å². The summed E-state index contributed by atoms with van der Waals surface area (Å²) in [5, 5.41) is 4.80. The Morgan fingerprint density at radius 2 is 1.96 bits per heavy atom. The van der Waals surface area contributed by atoms with Gasteiger partial charge in [0, 0.05) is 43.3 Å². The van der Waals surface area contributed by atoms with Gasteiger partial charge < -0.3 is 14.6 Å². The molecule has 1 saturated heterocycles. The first-order valence-electron chi connectivity index (χ1n) is 8.93. The Bertz CT molecular complexity index is 835. The fourth-order valence-electron chi connectivity index (χ4n) is 3.55. The van der Waals surface area contributed by atoms with Crippen LogP contribution in [-0.2, 0) is 17.8 Å². The normalized spacial score (nSPS) is 17.4. The molecule has 1 N–H and O–H groups in total. The van der Waals surface area contributed by atoms with Gasteiger partial charge in [0.25, 0.3) is 0 Å². The molecule has 0 amide bonds. The van der Waals surface area contributed by atoms with Crippen LogP contribution in [0.1, 0.15) is 24.0 Å². The van der Waals surface area contributed by atoms with Gasteiger partial charge in [0.05, 0.1) is 6.10 Å². The van der Waals surface area contributed by atoms with Gasteiger partial charge in [-0.1, -0.05) is 30.3 Å². The monoisotopic (exact) mass is 338 g/mol. The highest BCUT2D eigenvalue weighted by Gasteiger charge is 2.15. The number of hydrogen-bond donors (Lipinski definition) is 1. The zero-order valence-corrected chi connectivity index (χ0v) is 14.2. The molecule has 0 aliphatic carbocycles. The zero-order chi connectivity index (χ0) is 17.1. The summed E-state index contributed by atoms with van der Waals surface area (Å²) in [5.41, 5.74) is 3.59. The van der Waals surface area contributed by atoms with Crippen molar-refractivity contribution < 1.29 is 9.13 Å². The summed E-state index contributed by atoms with van der Waals surface area (Å²) >= 11 is 0. The third-order valence-corrected chi connectivity index (χ3v) is 4.85. The fraction of sp³-hybridized carbons (Fsp3) is 0.333. The second-order valence-corrected chi connectivity index (χ2v) is 6.69. The quantitative estimate of drug-likeness (QED) is 0.732. The number of nitrogens with one attached hydrogen (secondary N) is 1. The topological polar surface area (TPSA) is 26.2 Å². The summed E-state index contributed by atoms with van der Waals surface area (Å²) in [4.78, 5) is 0. The number of hydrogen-bond acceptors (Lipinski definition) is 2. The number of para-hydroxylation sites is 1. The molecule has 0 saturated carbocycles. The maximum absolute atomic E-state index is 13.1. The van der Waals surface area contributed by atoms with Gasteiger partial charge in [-0.2, -0.15) is 0 Å². The highest BCUT2D eigenvalue weighted by atomic mass is 19.1. The molecule has 4 heteroatoms. The lowest BCUT2D eigenvalue weighted by Crippen LogP contribution is -2.25. The molecule has 4 rings (SSSR count). The predicted octanol–water partition coefficient (Wildman–Crippen LogP) is 4.10. The second kappa shape index (κ2) is 7.38. The molecule has 0 spiro atoms. The van der Waals surface area contributed by atoms with Crippen LogP contribution in [0.2, 0.25) is 0 Å². The maximum Gasteiger partial charge on any atom is 0.123 e. The minimum Gasteiger partial charge on any atom is -0.377 e. The second-order valence-electron chi connectivity index (χ2n) is 6.69. The lowest BCUT2D eigenvalue weighted by Gasteiger charge is -2.10.